The monoisotopic (exact) mass is 516 g/mol. The summed E-state index contributed by atoms with van der Waals surface area (Å²) in [6.45, 7) is 0. The minimum absolute atomic E-state index is 0.0352. The molecule has 0 radical (unpaired) electrons. The van der Waals surface area contributed by atoms with Crippen LogP contribution in [-0.4, -0.2) is 37.3 Å². The quantitative estimate of drug-likeness (QED) is 0.431. The first-order valence-electron chi connectivity index (χ1n) is 11.0. The van der Waals surface area contributed by atoms with Gasteiger partial charge in [0.1, 0.15) is 17.8 Å². The fourth-order valence-electron chi connectivity index (χ4n) is 3.66. The number of anilines is 1. The maximum Gasteiger partial charge on any atom is 0.416 e. The Morgan fingerprint density at radius 2 is 1.70 bits per heavy atom. The average molecular weight is 516 g/mol. The number of aromatic nitrogens is 2. The first-order valence-corrected chi connectivity index (χ1v) is 11.0. The number of alkyl halides is 3. The number of benzene rings is 2. The molecular formula is C25H23F3N4O5. The van der Waals surface area contributed by atoms with Crippen molar-refractivity contribution in [2.45, 2.75) is 19.0 Å². The van der Waals surface area contributed by atoms with E-state index in [1.54, 1.807) is 18.2 Å². The molecule has 1 heterocycles. The molecule has 0 aliphatic heterocycles. The van der Waals surface area contributed by atoms with E-state index in [-0.39, 0.29) is 17.3 Å². The molecule has 37 heavy (non-hydrogen) atoms. The van der Waals surface area contributed by atoms with Crippen LogP contribution in [0, 0.1) is 0 Å². The zero-order valence-corrected chi connectivity index (χ0v) is 20.1. The van der Waals surface area contributed by atoms with E-state index in [0.29, 0.717) is 46.7 Å². The summed E-state index contributed by atoms with van der Waals surface area (Å²) in [6, 6.07) is 5.67. The number of allylic oxidation sites excluding steroid dienone is 3. The Labute approximate surface area is 209 Å². The third-order valence-electron chi connectivity index (χ3n) is 5.40. The molecule has 2 aromatic carbocycles. The van der Waals surface area contributed by atoms with Crippen molar-refractivity contribution in [3.63, 3.8) is 0 Å². The highest BCUT2D eigenvalue weighted by atomic mass is 19.4. The summed E-state index contributed by atoms with van der Waals surface area (Å²) in [5.74, 6) is 1.65. The number of hydrogen-bond acceptors (Lipinski definition) is 7. The van der Waals surface area contributed by atoms with Crippen molar-refractivity contribution < 1.29 is 36.9 Å². The second-order valence-electron chi connectivity index (χ2n) is 7.85. The number of nitrogens with one attached hydrogen (secondary N) is 2. The molecule has 0 unspecified atom stereocenters. The van der Waals surface area contributed by atoms with E-state index in [2.05, 4.69) is 20.6 Å². The predicted octanol–water partition coefficient (Wildman–Crippen LogP) is 5.44. The zero-order chi connectivity index (χ0) is 26.6. The van der Waals surface area contributed by atoms with Crippen LogP contribution in [0.25, 0.3) is 10.9 Å². The van der Waals surface area contributed by atoms with Gasteiger partial charge in [-0.2, -0.15) is 13.2 Å². The highest BCUT2D eigenvalue weighted by molar-refractivity contribution is 5.91. The number of methoxy groups -OCH3 is 3. The van der Waals surface area contributed by atoms with Crippen LogP contribution in [0.1, 0.15) is 18.4 Å². The van der Waals surface area contributed by atoms with Gasteiger partial charge >= 0.3 is 12.2 Å². The smallest absolute Gasteiger partial charge is 0.416 e. The summed E-state index contributed by atoms with van der Waals surface area (Å²) in [5, 5.41) is 5.65. The van der Waals surface area contributed by atoms with Gasteiger partial charge in [-0.1, -0.05) is 0 Å². The maximum absolute atomic E-state index is 13.2. The van der Waals surface area contributed by atoms with Gasteiger partial charge in [0.15, 0.2) is 11.5 Å². The number of amides is 2. The lowest BCUT2D eigenvalue weighted by Crippen LogP contribution is -2.29. The topological polar surface area (TPSA) is 104 Å². The molecule has 2 N–H and O–H groups in total. The van der Waals surface area contributed by atoms with Crippen LogP contribution in [0.15, 0.2) is 60.3 Å². The van der Waals surface area contributed by atoms with Gasteiger partial charge < -0.3 is 29.6 Å². The van der Waals surface area contributed by atoms with Gasteiger partial charge in [0.25, 0.3) is 0 Å². The average Bonchev–Trinajstić information content (AvgIpc) is 2.87. The predicted molar refractivity (Wildman–Crippen MR) is 129 cm³/mol. The molecule has 0 saturated heterocycles. The Kier molecular flexibility index (Phi) is 7.37. The summed E-state index contributed by atoms with van der Waals surface area (Å²) < 4.78 is 61.0. The molecule has 1 aromatic heterocycles. The lowest BCUT2D eigenvalue weighted by molar-refractivity contribution is -0.137. The number of hydrogen-bond donors (Lipinski definition) is 2. The molecule has 0 saturated carbocycles. The zero-order valence-electron chi connectivity index (χ0n) is 20.1. The lowest BCUT2D eigenvalue weighted by Gasteiger charge is -2.17. The third-order valence-corrected chi connectivity index (χ3v) is 5.40. The second-order valence-corrected chi connectivity index (χ2v) is 7.85. The Hall–Kier alpha value is -4.48. The SMILES string of the molecule is COc1cc(NC(=O)NC2=CC(Oc3ncnc4cc(OC)c(OC)cc34)=CCC2)cc(C(F)(F)F)c1. The Morgan fingerprint density at radius 1 is 0.946 bits per heavy atom. The highest BCUT2D eigenvalue weighted by Gasteiger charge is 2.31. The van der Waals surface area contributed by atoms with Gasteiger partial charge in [-0.05, 0) is 43.2 Å². The number of ether oxygens (including phenoxy) is 4. The van der Waals surface area contributed by atoms with E-state index in [1.165, 1.54) is 33.7 Å². The standard InChI is InChI=1S/C25H23F3N4O5/c1-34-18-8-14(25(26,27)28)7-16(10-18)32-24(33)31-15-5-4-6-17(9-15)37-23-19-11-21(35-2)22(36-3)12-20(19)29-13-30-23/h6-13H,4-5H2,1-3H3,(H2,31,32,33). The molecule has 194 valence electrons. The minimum Gasteiger partial charge on any atom is -0.497 e. The number of nitrogens with zero attached hydrogens (tertiary/aromatic N) is 2. The van der Waals surface area contributed by atoms with E-state index in [9.17, 15) is 18.0 Å². The van der Waals surface area contributed by atoms with Gasteiger partial charge in [-0.25, -0.2) is 14.8 Å². The fraction of sp³-hybridized carbons (Fsp3) is 0.240. The maximum atomic E-state index is 13.2. The molecule has 4 rings (SSSR count). The molecule has 0 atom stereocenters. The van der Waals surface area contributed by atoms with Crippen molar-refractivity contribution >= 4 is 22.6 Å². The summed E-state index contributed by atoms with van der Waals surface area (Å²) in [6.07, 6.45) is 1.25. The van der Waals surface area contributed by atoms with Gasteiger partial charge in [0, 0.05) is 23.5 Å². The molecule has 2 amide bonds. The van der Waals surface area contributed by atoms with E-state index in [4.69, 9.17) is 18.9 Å². The first-order chi connectivity index (χ1) is 17.7. The van der Waals surface area contributed by atoms with Gasteiger partial charge in [0.05, 0.1) is 37.8 Å². The number of carbonyl (C=O) groups is 1. The number of urea groups is 1. The van der Waals surface area contributed by atoms with Crippen molar-refractivity contribution in [1.82, 2.24) is 15.3 Å². The van der Waals surface area contributed by atoms with E-state index in [0.717, 1.165) is 12.1 Å². The summed E-state index contributed by atoms with van der Waals surface area (Å²) in [7, 11) is 4.28. The van der Waals surface area contributed by atoms with E-state index >= 15 is 0 Å². The van der Waals surface area contributed by atoms with Crippen LogP contribution in [0.4, 0.5) is 23.7 Å². The minimum atomic E-state index is -4.59. The molecule has 3 aromatic rings. The number of rotatable bonds is 7. The summed E-state index contributed by atoms with van der Waals surface area (Å²) in [5.41, 5.74) is 0.0808. The lowest BCUT2D eigenvalue weighted by atomic mass is 10.1. The van der Waals surface area contributed by atoms with Crippen molar-refractivity contribution in [3.8, 4) is 23.1 Å². The van der Waals surface area contributed by atoms with Crippen LogP contribution in [0.3, 0.4) is 0 Å². The molecule has 0 bridgehead atoms. The summed E-state index contributed by atoms with van der Waals surface area (Å²) in [4.78, 5) is 21.0. The van der Waals surface area contributed by atoms with Crippen molar-refractivity contribution in [3.05, 3.63) is 65.8 Å². The number of halogens is 3. The molecule has 0 spiro atoms. The molecule has 1 aliphatic rings. The van der Waals surface area contributed by atoms with Crippen molar-refractivity contribution in [2.24, 2.45) is 0 Å². The highest BCUT2D eigenvalue weighted by Crippen LogP contribution is 2.36. The van der Waals surface area contributed by atoms with Crippen LogP contribution in [0.2, 0.25) is 0 Å². The Morgan fingerprint density at radius 3 is 2.41 bits per heavy atom. The van der Waals surface area contributed by atoms with Crippen molar-refractivity contribution in [1.29, 1.82) is 0 Å². The van der Waals surface area contributed by atoms with Gasteiger partial charge in [0.2, 0.25) is 5.88 Å². The largest absolute Gasteiger partial charge is 0.497 e. The van der Waals surface area contributed by atoms with Crippen molar-refractivity contribution in [2.75, 3.05) is 26.6 Å². The number of fused-ring (bicyclic) bond motifs is 1. The molecule has 9 nitrogen and oxygen atoms in total. The third kappa shape index (κ3) is 6.02. The first kappa shape index (κ1) is 25.6. The molecular weight excluding hydrogens is 493 g/mol. The van der Waals surface area contributed by atoms with Gasteiger partial charge in [-0.3, -0.25) is 0 Å². The molecule has 0 fully saturated rings. The van der Waals surface area contributed by atoms with Crippen LogP contribution < -0.4 is 29.6 Å². The van der Waals surface area contributed by atoms with Gasteiger partial charge in [-0.15, -0.1) is 0 Å². The van der Waals surface area contributed by atoms with E-state index in [1.807, 2.05) is 6.08 Å². The normalized spacial score (nSPS) is 13.4. The Bertz CT molecular complexity index is 1390. The van der Waals surface area contributed by atoms with Crippen LogP contribution in [0.5, 0.6) is 23.1 Å². The Balaban J connectivity index is 1.50. The summed E-state index contributed by atoms with van der Waals surface area (Å²) >= 11 is 0. The van der Waals surface area contributed by atoms with E-state index < -0.39 is 17.8 Å². The fourth-order valence-corrected chi connectivity index (χ4v) is 3.66. The molecule has 12 heteroatoms. The molecule has 1 aliphatic carbocycles. The van der Waals surface area contributed by atoms with Crippen LogP contribution >= 0.6 is 0 Å². The number of carbonyl (C=O) groups excluding carboxylic acids is 1. The van der Waals surface area contributed by atoms with Crippen LogP contribution in [-0.2, 0) is 6.18 Å². The second kappa shape index (κ2) is 10.6.